The number of nitro groups is 1. The average Bonchev–Trinajstić information content (AvgIpc) is 2.55. The Bertz CT molecular complexity index is 537. The van der Waals surface area contributed by atoms with Gasteiger partial charge in [-0.1, -0.05) is 6.92 Å². The molecule has 2 rings (SSSR count). The Morgan fingerprint density at radius 2 is 2.40 bits per heavy atom. The molecule has 6 nitrogen and oxygen atoms in total. The monoisotopic (exact) mass is 270 g/mol. The molecule has 0 aliphatic heterocycles. The van der Waals surface area contributed by atoms with Crippen molar-refractivity contribution >= 4 is 27.5 Å². The lowest BCUT2D eigenvalue weighted by Crippen LogP contribution is -1.97. The lowest BCUT2D eigenvalue weighted by Gasteiger charge is -1.94. The van der Waals surface area contributed by atoms with Gasteiger partial charge in [0.1, 0.15) is 11.9 Å². The first-order valence-corrected chi connectivity index (χ1v) is 5.09. The highest BCUT2D eigenvalue weighted by molar-refractivity contribution is 9.10. The van der Waals surface area contributed by atoms with E-state index in [4.69, 9.17) is 0 Å². The number of hydrogen-bond donors (Lipinski definition) is 0. The predicted octanol–water partition coefficient (Wildman–Crippen LogP) is 1.96. The van der Waals surface area contributed by atoms with Crippen LogP contribution in [-0.2, 0) is 6.42 Å². The van der Waals surface area contributed by atoms with Crippen molar-refractivity contribution in [3.8, 4) is 0 Å². The summed E-state index contributed by atoms with van der Waals surface area (Å²) in [6.45, 7) is 1.82. The van der Waals surface area contributed by atoms with Crippen molar-refractivity contribution in [3.63, 3.8) is 0 Å². The minimum Gasteiger partial charge on any atom is -0.358 e. The van der Waals surface area contributed by atoms with Gasteiger partial charge in [-0.15, -0.1) is 0 Å². The van der Waals surface area contributed by atoms with Crippen LogP contribution in [0.4, 0.5) is 5.82 Å². The maximum Gasteiger partial charge on any atom is 0.352 e. The summed E-state index contributed by atoms with van der Waals surface area (Å²) in [6, 6.07) is 0. The SMILES string of the molecule is CCc1nc2ncc(Br)cn2c1[N+](=O)[O-]. The van der Waals surface area contributed by atoms with E-state index in [0.29, 0.717) is 22.4 Å². The van der Waals surface area contributed by atoms with Gasteiger partial charge in [-0.2, -0.15) is 14.4 Å². The molecule has 2 heterocycles. The fraction of sp³-hybridized carbons (Fsp3) is 0.250. The van der Waals surface area contributed by atoms with Crippen LogP contribution < -0.4 is 0 Å². The molecule has 78 valence electrons. The summed E-state index contributed by atoms with van der Waals surface area (Å²) in [4.78, 5) is 18.5. The van der Waals surface area contributed by atoms with Gasteiger partial charge in [0, 0.05) is 0 Å². The summed E-state index contributed by atoms with van der Waals surface area (Å²) in [5, 5.41) is 10.9. The number of hydrogen-bond acceptors (Lipinski definition) is 4. The summed E-state index contributed by atoms with van der Waals surface area (Å²) >= 11 is 3.21. The Labute approximate surface area is 93.2 Å². The third kappa shape index (κ3) is 1.58. The second kappa shape index (κ2) is 3.58. The number of imidazole rings is 1. The van der Waals surface area contributed by atoms with Crippen LogP contribution in [0, 0.1) is 10.1 Å². The summed E-state index contributed by atoms with van der Waals surface area (Å²) in [5.41, 5.74) is 0.450. The molecule has 0 spiro atoms. The van der Waals surface area contributed by atoms with Crippen LogP contribution in [0.2, 0.25) is 0 Å². The van der Waals surface area contributed by atoms with Crippen molar-refractivity contribution in [1.29, 1.82) is 0 Å². The van der Waals surface area contributed by atoms with Crippen LogP contribution in [0.5, 0.6) is 0 Å². The van der Waals surface area contributed by atoms with Crippen LogP contribution in [0.1, 0.15) is 12.6 Å². The highest BCUT2D eigenvalue weighted by atomic mass is 79.9. The lowest BCUT2D eigenvalue weighted by molar-refractivity contribution is -0.391. The van der Waals surface area contributed by atoms with Gasteiger partial charge in [-0.25, -0.2) is 0 Å². The first kappa shape index (κ1) is 10.0. The maximum atomic E-state index is 10.9. The van der Waals surface area contributed by atoms with Crippen molar-refractivity contribution in [2.75, 3.05) is 0 Å². The van der Waals surface area contributed by atoms with E-state index in [1.54, 1.807) is 12.4 Å². The van der Waals surface area contributed by atoms with Crippen molar-refractivity contribution in [2.24, 2.45) is 0 Å². The Kier molecular flexibility index (Phi) is 2.39. The molecule has 2 aromatic rings. The molecular weight excluding hydrogens is 264 g/mol. The van der Waals surface area contributed by atoms with E-state index >= 15 is 0 Å². The van der Waals surface area contributed by atoms with Gasteiger partial charge in [-0.05, 0) is 27.3 Å². The van der Waals surface area contributed by atoms with Crippen molar-refractivity contribution in [2.45, 2.75) is 13.3 Å². The predicted molar refractivity (Wildman–Crippen MR) is 56.7 cm³/mol. The molecule has 0 unspecified atom stereocenters. The van der Waals surface area contributed by atoms with Crippen LogP contribution in [0.15, 0.2) is 16.9 Å². The second-order valence-corrected chi connectivity index (χ2v) is 3.85. The fourth-order valence-corrected chi connectivity index (χ4v) is 1.68. The van der Waals surface area contributed by atoms with E-state index in [-0.39, 0.29) is 5.82 Å². The summed E-state index contributed by atoms with van der Waals surface area (Å²) in [5.74, 6) is 0.336. The molecule has 0 aliphatic rings. The van der Waals surface area contributed by atoms with Crippen molar-refractivity contribution in [3.05, 3.63) is 32.7 Å². The summed E-state index contributed by atoms with van der Waals surface area (Å²) in [6.07, 6.45) is 3.66. The zero-order valence-corrected chi connectivity index (χ0v) is 9.43. The Balaban J connectivity index is 2.82. The van der Waals surface area contributed by atoms with E-state index in [9.17, 15) is 10.1 Å². The van der Waals surface area contributed by atoms with Gasteiger partial charge in [0.25, 0.3) is 0 Å². The van der Waals surface area contributed by atoms with Gasteiger partial charge in [0.15, 0.2) is 0 Å². The van der Waals surface area contributed by atoms with Gasteiger partial charge in [0.2, 0.25) is 0 Å². The van der Waals surface area contributed by atoms with E-state index in [2.05, 4.69) is 25.9 Å². The largest absolute Gasteiger partial charge is 0.358 e. The third-order valence-corrected chi connectivity index (χ3v) is 2.41. The zero-order valence-electron chi connectivity index (χ0n) is 7.85. The van der Waals surface area contributed by atoms with Crippen LogP contribution in [0.25, 0.3) is 5.78 Å². The average molecular weight is 271 g/mol. The molecule has 2 aromatic heterocycles. The fourth-order valence-electron chi connectivity index (χ4n) is 1.37. The molecule has 0 atom stereocenters. The second-order valence-electron chi connectivity index (χ2n) is 2.93. The number of rotatable bonds is 2. The van der Waals surface area contributed by atoms with Crippen LogP contribution >= 0.6 is 15.9 Å². The lowest BCUT2D eigenvalue weighted by atomic mass is 10.3. The molecule has 0 amide bonds. The summed E-state index contributed by atoms with van der Waals surface area (Å²) in [7, 11) is 0. The minimum atomic E-state index is -0.438. The Morgan fingerprint density at radius 3 is 3.00 bits per heavy atom. The third-order valence-electron chi connectivity index (χ3n) is 2.00. The molecule has 0 aliphatic carbocycles. The van der Waals surface area contributed by atoms with E-state index in [1.807, 2.05) is 6.92 Å². The quantitative estimate of drug-likeness (QED) is 0.618. The Morgan fingerprint density at radius 1 is 1.67 bits per heavy atom. The molecule has 15 heavy (non-hydrogen) atoms. The topological polar surface area (TPSA) is 73.3 Å². The smallest absolute Gasteiger partial charge is 0.352 e. The van der Waals surface area contributed by atoms with Gasteiger partial charge < -0.3 is 10.1 Å². The zero-order chi connectivity index (χ0) is 11.0. The molecule has 0 saturated heterocycles. The molecule has 7 heteroatoms. The van der Waals surface area contributed by atoms with Crippen LogP contribution in [0.3, 0.4) is 0 Å². The van der Waals surface area contributed by atoms with E-state index in [1.165, 1.54) is 4.40 Å². The van der Waals surface area contributed by atoms with Crippen molar-refractivity contribution < 1.29 is 4.92 Å². The molecule has 0 fully saturated rings. The normalized spacial score (nSPS) is 10.8. The number of fused-ring (bicyclic) bond motifs is 1. The standard InChI is InChI=1S/C8H7BrN4O2/c1-2-6-7(13(14)15)12-4-5(9)3-10-8(12)11-6/h3-4H,2H2,1H3. The van der Waals surface area contributed by atoms with Crippen molar-refractivity contribution in [1.82, 2.24) is 14.4 Å². The first-order chi connectivity index (χ1) is 7.13. The first-order valence-electron chi connectivity index (χ1n) is 4.30. The number of halogens is 1. The molecule has 0 saturated carbocycles. The van der Waals surface area contributed by atoms with E-state index in [0.717, 1.165) is 0 Å². The highest BCUT2D eigenvalue weighted by Crippen LogP contribution is 2.21. The molecule has 0 N–H and O–H groups in total. The minimum absolute atomic E-state index is 0.0127. The van der Waals surface area contributed by atoms with Gasteiger partial charge in [-0.3, -0.25) is 0 Å². The highest BCUT2D eigenvalue weighted by Gasteiger charge is 2.21. The van der Waals surface area contributed by atoms with Gasteiger partial charge in [0.05, 0.1) is 10.7 Å². The maximum absolute atomic E-state index is 10.9. The Hall–Kier alpha value is -1.50. The molecular formula is C8H7BrN4O2. The molecule has 0 aromatic carbocycles. The number of nitrogens with zero attached hydrogens (tertiary/aromatic N) is 4. The molecule has 0 bridgehead atoms. The van der Waals surface area contributed by atoms with Gasteiger partial charge >= 0.3 is 11.6 Å². The number of aryl methyl sites for hydroxylation is 1. The summed E-state index contributed by atoms with van der Waals surface area (Å²) < 4.78 is 2.06. The number of aromatic nitrogens is 3. The molecule has 0 radical (unpaired) electrons. The van der Waals surface area contributed by atoms with E-state index < -0.39 is 4.92 Å². The van der Waals surface area contributed by atoms with Crippen LogP contribution in [-0.4, -0.2) is 19.3 Å².